The number of H-pyrrole nitrogens is 2. The summed E-state index contributed by atoms with van der Waals surface area (Å²) in [7, 11) is 0. The van der Waals surface area contributed by atoms with Gasteiger partial charge in [-0.25, -0.2) is 9.78 Å². The normalized spacial score (nSPS) is 11.3. The van der Waals surface area contributed by atoms with Crippen molar-refractivity contribution in [1.82, 2.24) is 29.3 Å². The van der Waals surface area contributed by atoms with Gasteiger partial charge >= 0.3 is 5.69 Å². The summed E-state index contributed by atoms with van der Waals surface area (Å²) in [4.78, 5) is 46.4. The van der Waals surface area contributed by atoms with Crippen molar-refractivity contribution in [3.63, 3.8) is 0 Å². The van der Waals surface area contributed by atoms with Crippen LogP contribution in [0.2, 0.25) is 0 Å². The van der Waals surface area contributed by atoms with Gasteiger partial charge in [-0.15, -0.1) is 0 Å². The van der Waals surface area contributed by atoms with Crippen LogP contribution in [0.1, 0.15) is 43.5 Å². The van der Waals surface area contributed by atoms with Gasteiger partial charge in [-0.1, -0.05) is 32.0 Å². The second-order valence-electron chi connectivity index (χ2n) is 8.43. The third-order valence-corrected chi connectivity index (χ3v) is 5.81. The number of rotatable bonds is 8. The van der Waals surface area contributed by atoms with E-state index in [0.717, 1.165) is 23.2 Å². The van der Waals surface area contributed by atoms with Crippen LogP contribution in [0.15, 0.2) is 34.0 Å². The number of amides is 1. The zero-order valence-corrected chi connectivity index (χ0v) is 19.9. The van der Waals surface area contributed by atoms with Gasteiger partial charge in [0.1, 0.15) is 11.3 Å². The van der Waals surface area contributed by atoms with Gasteiger partial charge in [-0.05, 0) is 37.8 Å². The molecule has 10 nitrogen and oxygen atoms in total. The third kappa shape index (κ3) is 4.18. The molecule has 3 N–H and O–H groups in total. The van der Waals surface area contributed by atoms with Crippen molar-refractivity contribution < 1.29 is 4.79 Å². The fraction of sp³-hybridized carbons (Fsp3) is 0.375. The Morgan fingerprint density at radius 1 is 1.06 bits per heavy atom. The van der Waals surface area contributed by atoms with Crippen molar-refractivity contribution in [3.8, 4) is 11.4 Å². The highest BCUT2D eigenvalue weighted by Crippen LogP contribution is 2.23. The first-order valence-corrected chi connectivity index (χ1v) is 11.5. The number of imidazole rings is 1. The molecular weight excluding hydrogens is 434 g/mol. The van der Waals surface area contributed by atoms with Crippen molar-refractivity contribution in [2.24, 2.45) is 0 Å². The van der Waals surface area contributed by atoms with Gasteiger partial charge in [0.15, 0.2) is 5.65 Å². The van der Waals surface area contributed by atoms with Crippen LogP contribution in [0.4, 0.5) is 5.69 Å². The lowest BCUT2D eigenvalue weighted by molar-refractivity contribution is -0.115. The zero-order valence-electron chi connectivity index (χ0n) is 19.9. The molecule has 0 fully saturated rings. The first kappa shape index (κ1) is 23.2. The second kappa shape index (κ2) is 9.50. The molecule has 1 amide bonds. The number of fused-ring (bicyclic) bond motifs is 1. The summed E-state index contributed by atoms with van der Waals surface area (Å²) in [5, 5.41) is 9.93. The number of aromatic amines is 2. The predicted molar refractivity (Wildman–Crippen MR) is 131 cm³/mol. The number of nitrogens with zero attached hydrogens (tertiary/aromatic N) is 4. The lowest BCUT2D eigenvalue weighted by atomic mass is 10.1. The van der Waals surface area contributed by atoms with Crippen LogP contribution in [-0.4, -0.2) is 35.2 Å². The number of hydrogen-bond acceptors (Lipinski definition) is 5. The first-order valence-electron chi connectivity index (χ1n) is 11.5. The van der Waals surface area contributed by atoms with Crippen LogP contribution in [-0.2, 0) is 24.3 Å². The molecule has 0 radical (unpaired) electrons. The Morgan fingerprint density at radius 2 is 1.74 bits per heavy atom. The number of aromatic nitrogens is 6. The maximum atomic E-state index is 13.0. The van der Waals surface area contributed by atoms with E-state index in [9.17, 15) is 14.4 Å². The van der Waals surface area contributed by atoms with Crippen molar-refractivity contribution in [1.29, 1.82) is 0 Å². The van der Waals surface area contributed by atoms with Gasteiger partial charge in [0.2, 0.25) is 5.91 Å². The zero-order chi connectivity index (χ0) is 24.4. The van der Waals surface area contributed by atoms with Gasteiger partial charge in [-0.2, -0.15) is 5.10 Å². The fourth-order valence-electron chi connectivity index (χ4n) is 4.15. The largest absolute Gasteiger partial charge is 0.332 e. The van der Waals surface area contributed by atoms with Crippen LogP contribution in [0.25, 0.3) is 22.6 Å². The summed E-state index contributed by atoms with van der Waals surface area (Å²) < 4.78 is 2.77. The van der Waals surface area contributed by atoms with E-state index in [0.29, 0.717) is 42.2 Å². The molecule has 4 rings (SSSR count). The van der Waals surface area contributed by atoms with Crippen molar-refractivity contribution in [3.05, 3.63) is 62.1 Å². The number of benzene rings is 1. The molecule has 3 aromatic heterocycles. The van der Waals surface area contributed by atoms with E-state index in [-0.39, 0.29) is 23.5 Å². The number of nitrogens with one attached hydrogen (secondary N) is 3. The van der Waals surface area contributed by atoms with E-state index >= 15 is 0 Å². The quantitative estimate of drug-likeness (QED) is 0.370. The van der Waals surface area contributed by atoms with E-state index in [1.807, 2.05) is 45.9 Å². The summed E-state index contributed by atoms with van der Waals surface area (Å²) in [5.41, 5.74) is 3.70. The molecule has 178 valence electrons. The Hall–Kier alpha value is -3.95. The Bertz CT molecular complexity index is 1450. The lowest BCUT2D eigenvalue weighted by Crippen LogP contribution is -2.40. The van der Waals surface area contributed by atoms with Crippen LogP contribution in [0.5, 0.6) is 0 Å². The van der Waals surface area contributed by atoms with Crippen LogP contribution >= 0.6 is 0 Å². The highest BCUT2D eigenvalue weighted by Gasteiger charge is 2.20. The third-order valence-electron chi connectivity index (χ3n) is 5.81. The van der Waals surface area contributed by atoms with Crippen molar-refractivity contribution in [2.45, 2.75) is 60.0 Å². The minimum absolute atomic E-state index is 0.0436. The molecule has 0 spiro atoms. The number of para-hydroxylation sites is 1. The molecule has 0 saturated heterocycles. The maximum Gasteiger partial charge on any atom is 0.332 e. The lowest BCUT2D eigenvalue weighted by Gasteiger charge is -2.11. The van der Waals surface area contributed by atoms with Gasteiger partial charge in [0, 0.05) is 18.8 Å². The molecule has 0 atom stereocenters. The average molecular weight is 464 g/mol. The van der Waals surface area contributed by atoms with Crippen LogP contribution in [0.3, 0.4) is 0 Å². The molecule has 0 unspecified atom stereocenters. The molecular formula is C24H29N7O3. The molecule has 0 aliphatic rings. The standard InChI is InChI=1S/C24H29N7O3/c1-5-10-30-22-20(23(33)31(11-6-2)24(30)34)27-21(28-22)16-13-25-29-17(16)12-18(32)26-19-14(3)8-7-9-15(19)4/h7-9,13H,5-6,10-12H2,1-4H3,(H,25,29)(H,26,32)(H,27,28). The van der Waals surface area contributed by atoms with Gasteiger partial charge in [-0.3, -0.25) is 23.8 Å². The number of carbonyl (C=O) groups excluding carboxylic acids is 1. The smallest absolute Gasteiger partial charge is 0.332 e. The Kier molecular flexibility index (Phi) is 6.49. The summed E-state index contributed by atoms with van der Waals surface area (Å²) in [5.74, 6) is 0.182. The van der Waals surface area contributed by atoms with Crippen LogP contribution < -0.4 is 16.6 Å². The van der Waals surface area contributed by atoms with Gasteiger partial charge in [0.05, 0.1) is 23.9 Å². The topological polar surface area (TPSA) is 130 Å². The number of anilines is 1. The summed E-state index contributed by atoms with van der Waals surface area (Å²) in [6.07, 6.45) is 2.99. The average Bonchev–Trinajstić information content (AvgIpc) is 3.44. The van der Waals surface area contributed by atoms with E-state index < -0.39 is 5.56 Å². The first-order chi connectivity index (χ1) is 16.3. The molecule has 0 bridgehead atoms. The Balaban J connectivity index is 1.72. The highest BCUT2D eigenvalue weighted by atomic mass is 16.2. The molecule has 0 saturated carbocycles. The van der Waals surface area contributed by atoms with Gasteiger partial charge < -0.3 is 10.3 Å². The maximum absolute atomic E-state index is 13.0. The Morgan fingerprint density at radius 3 is 2.41 bits per heavy atom. The van der Waals surface area contributed by atoms with Crippen LogP contribution in [0, 0.1) is 13.8 Å². The predicted octanol–water partition coefficient (Wildman–Crippen LogP) is 2.89. The SMILES string of the molecule is CCCn1c(=O)c2[nH]c(-c3cn[nH]c3CC(=O)Nc3c(C)cccc3C)nc2n(CCC)c1=O. The van der Waals surface area contributed by atoms with Gasteiger partial charge in [0.25, 0.3) is 5.56 Å². The van der Waals surface area contributed by atoms with E-state index in [4.69, 9.17) is 0 Å². The Labute approximate surface area is 196 Å². The molecule has 1 aromatic carbocycles. The molecule has 10 heteroatoms. The van der Waals surface area contributed by atoms with E-state index in [1.165, 1.54) is 9.13 Å². The molecule has 4 aromatic rings. The number of aryl methyl sites for hydroxylation is 3. The minimum atomic E-state index is -0.397. The van der Waals surface area contributed by atoms with Crippen molar-refractivity contribution >= 4 is 22.8 Å². The number of carbonyl (C=O) groups is 1. The fourth-order valence-corrected chi connectivity index (χ4v) is 4.15. The monoisotopic (exact) mass is 463 g/mol. The summed E-state index contributed by atoms with van der Waals surface area (Å²) in [6.45, 7) is 8.55. The molecule has 3 heterocycles. The molecule has 0 aliphatic carbocycles. The molecule has 0 aliphatic heterocycles. The van der Waals surface area contributed by atoms with Crippen molar-refractivity contribution in [2.75, 3.05) is 5.32 Å². The van der Waals surface area contributed by atoms with E-state index in [2.05, 4.69) is 25.5 Å². The summed E-state index contributed by atoms with van der Waals surface area (Å²) >= 11 is 0. The second-order valence-corrected chi connectivity index (χ2v) is 8.43. The number of hydrogen-bond donors (Lipinski definition) is 3. The molecule has 34 heavy (non-hydrogen) atoms. The summed E-state index contributed by atoms with van der Waals surface area (Å²) in [6, 6.07) is 5.83. The highest BCUT2D eigenvalue weighted by molar-refractivity contribution is 5.94. The van der Waals surface area contributed by atoms with E-state index in [1.54, 1.807) is 6.20 Å². The minimum Gasteiger partial charge on any atom is -0.332 e.